The van der Waals surface area contributed by atoms with Gasteiger partial charge in [0.2, 0.25) is 0 Å². The molecule has 3 rings (SSSR count). The molecule has 1 heterocycles. The lowest BCUT2D eigenvalue weighted by Gasteiger charge is -2.26. The highest BCUT2D eigenvalue weighted by Gasteiger charge is 2.36. The maximum absolute atomic E-state index is 13.1. The van der Waals surface area contributed by atoms with E-state index in [-0.39, 0.29) is 12.1 Å². The minimum Gasteiger partial charge on any atom is -0.496 e. The molecule has 0 saturated carbocycles. The summed E-state index contributed by atoms with van der Waals surface area (Å²) in [7, 11) is 4.34. The molecule has 156 valence electrons. The van der Waals surface area contributed by atoms with E-state index in [0.29, 0.717) is 28.4 Å². The Labute approximate surface area is 171 Å². The molecule has 0 aliphatic carbocycles. The number of amides is 4. The van der Waals surface area contributed by atoms with Crippen LogP contribution in [0, 0.1) is 5.82 Å². The summed E-state index contributed by atoms with van der Waals surface area (Å²) in [5, 5.41) is 2.14. The number of rotatable bonds is 6. The molecule has 1 fully saturated rings. The van der Waals surface area contributed by atoms with Crippen LogP contribution >= 0.6 is 0 Å². The van der Waals surface area contributed by atoms with Crippen LogP contribution in [0.25, 0.3) is 6.08 Å². The van der Waals surface area contributed by atoms with Crippen LogP contribution in [0.15, 0.2) is 42.0 Å². The van der Waals surface area contributed by atoms with Crippen molar-refractivity contribution in [3.05, 3.63) is 58.9 Å². The Morgan fingerprint density at radius 3 is 2.13 bits per heavy atom. The van der Waals surface area contributed by atoms with E-state index in [4.69, 9.17) is 14.2 Å². The standard InChI is InChI=1S/C21H19FN2O6/c1-28-16-10-18(30-3)17(29-2)9-13(16)8-15-19(25)23-21(27)24(20(15)26)11-12-4-6-14(22)7-5-12/h4-10H,11H2,1-3H3,(H,23,25,27). The van der Waals surface area contributed by atoms with Gasteiger partial charge in [-0.1, -0.05) is 12.1 Å². The molecule has 0 atom stereocenters. The van der Waals surface area contributed by atoms with E-state index in [1.165, 1.54) is 51.7 Å². The van der Waals surface area contributed by atoms with Crippen molar-refractivity contribution in [3.8, 4) is 17.2 Å². The van der Waals surface area contributed by atoms with Crippen molar-refractivity contribution in [2.45, 2.75) is 6.54 Å². The van der Waals surface area contributed by atoms with E-state index < -0.39 is 23.7 Å². The van der Waals surface area contributed by atoms with Crippen molar-refractivity contribution in [1.82, 2.24) is 10.2 Å². The SMILES string of the molecule is COc1cc(OC)c(OC)cc1C=C1C(=O)NC(=O)N(Cc2ccc(F)cc2)C1=O. The zero-order chi connectivity index (χ0) is 21.8. The van der Waals surface area contributed by atoms with E-state index in [1.807, 2.05) is 0 Å². The Hall–Kier alpha value is -3.88. The normalized spacial score (nSPS) is 15.3. The molecule has 9 heteroatoms. The number of imide groups is 2. The fourth-order valence-corrected chi connectivity index (χ4v) is 2.93. The van der Waals surface area contributed by atoms with Crippen LogP contribution in [0.3, 0.4) is 0 Å². The van der Waals surface area contributed by atoms with Crippen LogP contribution in [0.1, 0.15) is 11.1 Å². The molecule has 2 aromatic carbocycles. The van der Waals surface area contributed by atoms with Gasteiger partial charge in [0.1, 0.15) is 17.1 Å². The maximum atomic E-state index is 13.1. The van der Waals surface area contributed by atoms with Crippen LogP contribution < -0.4 is 19.5 Å². The summed E-state index contributed by atoms with van der Waals surface area (Å²) < 4.78 is 28.9. The number of halogens is 1. The molecule has 1 aliphatic rings. The number of nitrogens with zero attached hydrogens (tertiary/aromatic N) is 1. The first-order chi connectivity index (χ1) is 14.4. The highest BCUT2D eigenvalue weighted by molar-refractivity contribution is 6.31. The largest absolute Gasteiger partial charge is 0.496 e. The van der Waals surface area contributed by atoms with Crippen molar-refractivity contribution in [3.63, 3.8) is 0 Å². The van der Waals surface area contributed by atoms with Crippen LogP contribution in [-0.2, 0) is 16.1 Å². The summed E-state index contributed by atoms with van der Waals surface area (Å²) in [4.78, 5) is 38.3. The number of barbiturate groups is 1. The molecule has 2 aromatic rings. The predicted octanol–water partition coefficient (Wildman–Crippen LogP) is 2.51. The third-order valence-corrected chi connectivity index (χ3v) is 4.48. The van der Waals surface area contributed by atoms with Gasteiger partial charge in [0, 0.05) is 11.6 Å². The Bertz CT molecular complexity index is 1030. The van der Waals surface area contributed by atoms with Gasteiger partial charge in [-0.3, -0.25) is 19.8 Å². The fourth-order valence-electron chi connectivity index (χ4n) is 2.93. The molecule has 4 amide bonds. The zero-order valence-corrected chi connectivity index (χ0v) is 16.5. The van der Waals surface area contributed by atoms with Gasteiger partial charge in [0.15, 0.2) is 11.5 Å². The first-order valence-corrected chi connectivity index (χ1v) is 8.81. The summed E-state index contributed by atoms with van der Waals surface area (Å²) in [6.07, 6.45) is 1.31. The van der Waals surface area contributed by atoms with Gasteiger partial charge in [-0.25, -0.2) is 9.18 Å². The van der Waals surface area contributed by atoms with Crippen LogP contribution in [0.4, 0.5) is 9.18 Å². The second-order valence-electron chi connectivity index (χ2n) is 6.28. The molecule has 0 unspecified atom stereocenters. The minimum absolute atomic E-state index is 0.126. The minimum atomic E-state index is -0.856. The van der Waals surface area contributed by atoms with Crippen molar-refractivity contribution in [2.75, 3.05) is 21.3 Å². The van der Waals surface area contributed by atoms with E-state index >= 15 is 0 Å². The fraction of sp³-hybridized carbons (Fsp3) is 0.190. The van der Waals surface area contributed by atoms with Crippen LogP contribution in [0.2, 0.25) is 0 Å². The van der Waals surface area contributed by atoms with E-state index in [0.717, 1.165) is 4.90 Å². The maximum Gasteiger partial charge on any atom is 0.331 e. The van der Waals surface area contributed by atoms with E-state index in [2.05, 4.69) is 5.32 Å². The molecule has 1 N–H and O–H groups in total. The summed E-state index contributed by atoms with van der Waals surface area (Å²) in [5.41, 5.74) is 0.643. The lowest BCUT2D eigenvalue weighted by molar-refractivity contribution is -0.130. The van der Waals surface area contributed by atoms with Crippen molar-refractivity contribution < 1.29 is 33.0 Å². The van der Waals surface area contributed by atoms with Gasteiger partial charge in [-0.2, -0.15) is 0 Å². The summed E-state index contributed by atoms with van der Waals surface area (Å²) >= 11 is 0. The lowest BCUT2D eigenvalue weighted by Crippen LogP contribution is -2.53. The molecule has 0 spiro atoms. The second kappa shape index (κ2) is 8.64. The number of nitrogens with one attached hydrogen (secondary N) is 1. The number of methoxy groups -OCH3 is 3. The highest BCUT2D eigenvalue weighted by atomic mass is 19.1. The summed E-state index contributed by atoms with van der Waals surface area (Å²) in [6.45, 7) is -0.126. The third-order valence-electron chi connectivity index (χ3n) is 4.48. The van der Waals surface area contributed by atoms with E-state index in [1.54, 1.807) is 12.1 Å². The third kappa shape index (κ3) is 4.09. The number of benzene rings is 2. The topological polar surface area (TPSA) is 94.2 Å². The van der Waals surface area contributed by atoms with Gasteiger partial charge >= 0.3 is 6.03 Å². The molecule has 30 heavy (non-hydrogen) atoms. The molecular weight excluding hydrogens is 395 g/mol. The molecular formula is C21H19FN2O6. The number of carbonyl (C=O) groups is 3. The van der Waals surface area contributed by atoms with Crippen molar-refractivity contribution in [2.24, 2.45) is 0 Å². The van der Waals surface area contributed by atoms with Crippen LogP contribution in [0.5, 0.6) is 17.2 Å². The van der Waals surface area contributed by atoms with Gasteiger partial charge in [0.05, 0.1) is 27.9 Å². The molecule has 8 nitrogen and oxygen atoms in total. The Morgan fingerprint density at radius 1 is 0.933 bits per heavy atom. The molecule has 0 aromatic heterocycles. The van der Waals surface area contributed by atoms with E-state index in [9.17, 15) is 18.8 Å². The first-order valence-electron chi connectivity index (χ1n) is 8.81. The quantitative estimate of drug-likeness (QED) is 0.577. The molecule has 0 bridgehead atoms. The predicted molar refractivity (Wildman–Crippen MR) is 105 cm³/mol. The van der Waals surface area contributed by atoms with Gasteiger partial charge in [-0.15, -0.1) is 0 Å². The number of urea groups is 1. The molecule has 1 saturated heterocycles. The van der Waals surface area contributed by atoms with Gasteiger partial charge in [0.25, 0.3) is 11.8 Å². The molecule has 1 aliphatic heterocycles. The Balaban J connectivity index is 1.99. The first kappa shape index (κ1) is 20.8. The van der Waals surface area contributed by atoms with Crippen molar-refractivity contribution in [1.29, 1.82) is 0 Å². The highest BCUT2D eigenvalue weighted by Crippen LogP contribution is 2.36. The summed E-state index contributed by atoms with van der Waals surface area (Å²) in [6, 6.07) is 7.59. The Morgan fingerprint density at radius 2 is 1.53 bits per heavy atom. The average molecular weight is 414 g/mol. The monoisotopic (exact) mass is 414 g/mol. The Kier molecular flexibility index (Phi) is 6.01. The lowest BCUT2D eigenvalue weighted by atomic mass is 10.1. The smallest absolute Gasteiger partial charge is 0.331 e. The number of carbonyl (C=O) groups excluding carboxylic acids is 3. The average Bonchev–Trinajstić information content (AvgIpc) is 2.74. The number of ether oxygens (including phenoxy) is 3. The number of hydrogen-bond acceptors (Lipinski definition) is 6. The summed E-state index contributed by atoms with van der Waals surface area (Å²) in [5.74, 6) is -0.952. The van der Waals surface area contributed by atoms with Gasteiger partial charge in [-0.05, 0) is 29.8 Å². The second-order valence-corrected chi connectivity index (χ2v) is 6.28. The number of hydrogen-bond donors (Lipinski definition) is 1. The van der Waals surface area contributed by atoms with Crippen molar-refractivity contribution >= 4 is 23.9 Å². The molecule has 0 radical (unpaired) electrons. The van der Waals surface area contributed by atoms with Crippen LogP contribution in [-0.4, -0.2) is 44.1 Å². The zero-order valence-electron chi connectivity index (χ0n) is 16.5. The van der Waals surface area contributed by atoms with Gasteiger partial charge < -0.3 is 14.2 Å².